The standard InChI is InChI=1S/C9H13N5S2/c1-6-7(15-5-11-6)3-4-14(2)9-13-12-8(10)16-9/h5H,3-4H2,1-2H3,(H2,10,12). The summed E-state index contributed by atoms with van der Waals surface area (Å²) in [4.78, 5) is 7.61. The Hall–Kier alpha value is -1.21. The molecule has 2 aromatic heterocycles. The van der Waals surface area contributed by atoms with E-state index in [0.29, 0.717) is 5.13 Å². The maximum atomic E-state index is 5.54. The molecular weight excluding hydrogens is 242 g/mol. The van der Waals surface area contributed by atoms with Crippen LogP contribution < -0.4 is 10.6 Å². The van der Waals surface area contributed by atoms with Gasteiger partial charge in [0.15, 0.2) is 0 Å². The van der Waals surface area contributed by atoms with Gasteiger partial charge < -0.3 is 10.6 Å². The molecule has 2 rings (SSSR count). The molecule has 2 aromatic rings. The summed E-state index contributed by atoms with van der Waals surface area (Å²) in [5.74, 6) is 0. The average Bonchev–Trinajstić information content (AvgIpc) is 2.84. The number of aromatic nitrogens is 3. The van der Waals surface area contributed by atoms with Gasteiger partial charge in [0.05, 0.1) is 11.2 Å². The topological polar surface area (TPSA) is 67.9 Å². The Kier molecular flexibility index (Phi) is 3.35. The van der Waals surface area contributed by atoms with Crippen LogP contribution in [0.2, 0.25) is 0 Å². The van der Waals surface area contributed by atoms with E-state index in [-0.39, 0.29) is 0 Å². The fourth-order valence-corrected chi connectivity index (χ4v) is 2.68. The van der Waals surface area contributed by atoms with E-state index in [1.807, 2.05) is 19.5 Å². The Morgan fingerprint density at radius 1 is 1.44 bits per heavy atom. The normalized spacial score (nSPS) is 10.6. The third kappa shape index (κ3) is 2.48. The second kappa shape index (κ2) is 4.75. The monoisotopic (exact) mass is 255 g/mol. The number of nitrogens with zero attached hydrogens (tertiary/aromatic N) is 4. The van der Waals surface area contributed by atoms with E-state index in [2.05, 4.69) is 20.1 Å². The van der Waals surface area contributed by atoms with E-state index >= 15 is 0 Å². The van der Waals surface area contributed by atoms with Gasteiger partial charge in [0, 0.05) is 24.9 Å². The molecule has 0 aliphatic rings. The lowest BCUT2D eigenvalue weighted by molar-refractivity contribution is 0.862. The first-order valence-electron chi connectivity index (χ1n) is 4.86. The minimum absolute atomic E-state index is 0.510. The van der Waals surface area contributed by atoms with E-state index in [0.717, 1.165) is 23.8 Å². The Labute approximate surface area is 102 Å². The van der Waals surface area contributed by atoms with Crippen LogP contribution in [0.3, 0.4) is 0 Å². The molecule has 0 amide bonds. The molecule has 0 aliphatic heterocycles. The summed E-state index contributed by atoms with van der Waals surface area (Å²) in [5, 5.41) is 9.16. The number of likely N-dealkylation sites (N-methyl/N-ethyl adjacent to an activating group) is 1. The molecule has 0 radical (unpaired) electrons. The first-order chi connectivity index (χ1) is 7.66. The van der Waals surface area contributed by atoms with Gasteiger partial charge in [-0.25, -0.2) is 4.98 Å². The molecule has 2 heterocycles. The Morgan fingerprint density at radius 3 is 2.81 bits per heavy atom. The quantitative estimate of drug-likeness (QED) is 0.898. The molecule has 86 valence electrons. The fourth-order valence-electron chi connectivity index (χ4n) is 1.31. The first kappa shape index (κ1) is 11.3. The van der Waals surface area contributed by atoms with Gasteiger partial charge in [0.2, 0.25) is 10.3 Å². The average molecular weight is 255 g/mol. The molecule has 5 nitrogen and oxygen atoms in total. The summed E-state index contributed by atoms with van der Waals surface area (Å²) < 4.78 is 0. The smallest absolute Gasteiger partial charge is 0.209 e. The number of hydrogen-bond acceptors (Lipinski definition) is 7. The van der Waals surface area contributed by atoms with Crippen molar-refractivity contribution in [2.24, 2.45) is 0 Å². The zero-order chi connectivity index (χ0) is 11.5. The molecule has 0 aromatic carbocycles. The number of hydrogen-bond donors (Lipinski definition) is 1. The van der Waals surface area contributed by atoms with Crippen molar-refractivity contribution in [3.63, 3.8) is 0 Å². The van der Waals surface area contributed by atoms with Crippen LogP contribution in [0.1, 0.15) is 10.6 Å². The van der Waals surface area contributed by atoms with Crippen LogP contribution in [0.5, 0.6) is 0 Å². The molecule has 2 N–H and O–H groups in total. The third-order valence-corrected chi connectivity index (χ3v) is 4.14. The Morgan fingerprint density at radius 2 is 2.25 bits per heavy atom. The summed E-state index contributed by atoms with van der Waals surface area (Å²) >= 11 is 3.10. The lowest BCUT2D eigenvalue weighted by Gasteiger charge is -2.13. The second-order valence-corrected chi connectivity index (χ2v) is 5.38. The van der Waals surface area contributed by atoms with Crippen LogP contribution in [0.4, 0.5) is 10.3 Å². The molecular formula is C9H13N5S2. The summed E-state index contributed by atoms with van der Waals surface area (Å²) in [7, 11) is 2.00. The highest BCUT2D eigenvalue weighted by Gasteiger charge is 2.08. The van der Waals surface area contributed by atoms with Crippen LogP contribution >= 0.6 is 22.7 Å². The Balaban J connectivity index is 1.93. The molecule has 0 aliphatic carbocycles. The highest BCUT2D eigenvalue weighted by molar-refractivity contribution is 7.18. The summed E-state index contributed by atoms with van der Waals surface area (Å²) in [5.41, 5.74) is 8.54. The van der Waals surface area contributed by atoms with Gasteiger partial charge in [-0.15, -0.1) is 21.5 Å². The molecule has 0 spiro atoms. The largest absolute Gasteiger partial charge is 0.374 e. The minimum Gasteiger partial charge on any atom is -0.374 e. The predicted octanol–water partition coefficient (Wildman–Crippen LogP) is 1.56. The molecule has 16 heavy (non-hydrogen) atoms. The minimum atomic E-state index is 0.510. The van der Waals surface area contributed by atoms with Crippen molar-refractivity contribution >= 4 is 32.9 Å². The van der Waals surface area contributed by atoms with E-state index in [1.54, 1.807) is 11.3 Å². The van der Waals surface area contributed by atoms with Gasteiger partial charge in [0.1, 0.15) is 0 Å². The molecule has 7 heteroatoms. The number of rotatable bonds is 4. The number of nitrogens with two attached hydrogens (primary N) is 1. The summed E-state index contributed by atoms with van der Waals surface area (Å²) in [6.07, 6.45) is 0.979. The summed E-state index contributed by atoms with van der Waals surface area (Å²) in [6, 6.07) is 0. The first-order valence-corrected chi connectivity index (χ1v) is 6.55. The van der Waals surface area contributed by atoms with Crippen molar-refractivity contribution < 1.29 is 0 Å². The van der Waals surface area contributed by atoms with E-state index in [4.69, 9.17) is 5.73 Å². The van der Waals surface area contributed by atoms with Crippen molar-refractivity contribution in [3.8, 4) is 0 Å². The Bertz CT molecular complexity index is 464. The van der Waals surface area contributed by atoms with Crippen molar-refractivity contribution in [3.05, 3.63) is 16.1 Å². The maximum absolute atomic E-state index is 5.54. The third-order valence-electron chi connectivity index (χ3n) is 2.28. The summed E-state index contributed by atoms with van der Waals surface area (Å²) in [6.45, 7) is 2.94. The molecule has 0 saturated carbocycles. The molecule has 0 saturated heterocycles. The fraction of sp³-hybridized carbons (Fsp3) is 0.444. The van der Waals surface area contributed by atoms with Crippen LogP contribution in [-0.4, -0.2) is 28.8 Å². The zero-order valence-electron chi connectivity index (χ0n) is 9.17. The number of nitrogen functional groups attached to an aromatic ring is 1. The highest BCUT2D eigenvalue weighted by Crippen LogP contribution is 2.21. The van der Waals surface area contributed by atoms with Crippen molar-refractivity contribution in [2.75, 3.05) is 24.2 Å². The van der Waals surface area contributed by atoms with Gasteiger partial charge in [-0.3, -0.25) is 0 Å². The zero-order valence-corrected chi connectivity index (χ0v) is 10.8. The van der Waals surface area contributed by atoms with Crippen LogP contribution in [0.25, 0.3) is 0 Å². The lowest BCUT2D eigenvalue weighted by Crippen LogP contribution is -2.20. The SMILES string of the molecule is Cc1ncsc1CCN(C)c1nnc(N)s1. The maximum Gasteiger partial charge on any atom is 0.209 e. The predicted molar refractivity (Wildman–Crippen MR) is 68.1 cm³/mol. The number of aryl methyl sites for hydroxylation is 1. The van der Waals surface area contributed by atoms with Gasteiger partial charge in [0.25, 0.3) is 0 Å². The van der Waals surface area contributed by atoms with E-state index in [9.17, 15) is 0 Å². The number of thiazole rings is 1. The highest BCUT2D eigenvalue weighted by atomic mass is 32.1. The molecule has 0 atom stereocenters. The van der Waals surface area contributed by atoms with Gasteiger partial charge in [-0.2, -0.15) is 0 Å². The molecule has 0 bridgehead atoms. The van der Waals surface area contributed by atoms with Crippen LogP contribution in [0, 0.1) is 6.92 Å². The van der Waals surface area contributed by atoms with Gasteiger partial charge >= 0.3 is 0 Å². The van der Waals surface area contributed by atoms with Crippen molar-refractivity contribution in [1.82, 2.24) is 15.2 Å². The van der Waals surface area contributed by atoms with Crippen LogP contribution in [-0.2, 0) is 6.42 Å². The number of anilines is 2. The van der Waals surface area contributed by atoms with Crippen molar-refractivity contribution in [2.45, 2.75) is 13.3 Å². The molecule has 0 unspecified atom stereocenters. The van der Waals surface area contributed by atoms with Gasteiger partial charge in [-0.1, -0.05) is 11.3 Å². The second-order valence-electron chi connectivity index (χ2n) is 3.46. The lowest BCUT2D eigenvalue weighted by atomic mass is 10.3. The van der Waals surface area contributed by atoms with E-state index < -0.39 is 0 Å². The van der Waals surface area contributed by atoms with Crippen LogP contribution in [0.15, 0.2) is 5.51 Å². The van der Waals surface area contributed by atoms with Crippen molar-refractivity contribution in [1.29, 1.82) is 0 Å². The molecule has 0 fully saturated rings. The van der Waals surface area contributed by atoms with E-state index in [1.165, 1.54) is 16.2 Å². The van der Waals surface area contributed by atoms with Gasteiger partial charge in [-0.05, 0) is 6.92 Å².